The van der Waals surface area contributed by atoms with E-state index in [1.54, 1.807) is 10.9 Å². The number of aryl methyl sites for hydroxylation is 1. The van der Waals surface area contributed by atoms with Crippen LogP contribution in [0.5, 0.6) is 0 Å². The number of carbonyl (C=O) groups is 1. The highest BCUT2D eigenvalue weighted by molar-refractivity contribution is 5.95. The van der Waals surface area contributed by atoms with Gasteiger partial charge < -0.3 is 5.32 Å². The van der Waals surface area contributed by atoms with Crippen molar-refractivity contribution in [2.75, 3.05) is 0 Å². The number of hydrogen-bond acceptors (Lipinski definition) is 2. The van der Waals surface area contributed by atoms with Crippen LogP contribution >= 0.6 is 0 Å². The van der Waals surface area contributed by atoms with Gasteiger partial charge in [0, 0.05) is 18.8 Å². The normalized spacial score (nSPS) is 30.6. The van der Waals surface area contributed by atoms with Gasteiger partial charge in [0.2, 0.25) is 0 Å². The molecule has 0 aromatic carbocycles. The van der Waals surface area contributed by atoms with Gasteiger partial charge in [0.05, 0.1) is 11.8 Å². The van der Waals surface area contributed by atoms with E-state index in [-0.39, 0.29) is 11.9 Å². The maximum Gasteiger partial charge on any atom is 0.254 e. The van der Waals surface area contributed by atoms with E-state index in [0.29, 0.717) is 11.5 Å². The van der Waals surface area contributed by atoms with Crippen molar-refractivity contribution in [2.24, 2.45) is 24.8 Å². The standard InChI is InChI=1S/C15H23N3O/c1-9(13-7-11-4-5-12(13)6-11)17-15(19)14-8-16-18(3)10(14)2/h8-9,11-13H,4-7H2,1-3H3,(H,17,19)/t9-,11-,12-,13-/m1/s1. The van der Waals surface area contributed by atoms with Crippen LogP contribution in [-0.2, 0) is 7.05 Å². The minimum absolute atomic E-state index is 0.0286. The highest BCUT2D eigenvalue weighted by Gasteiger charge is 2.42. The smallest absolute Gasteiger partial charge is 0.254 e. The van der Waals surface area contributed by atoms with Crippen LogP contribution in [0.2, 0.25) is 0 Å². The Morgan fingerprint density at radius 3 is 2.79 bits per heavy atom. The Balaban J connectivity index is 1.65. The van der Waals surface area contributed by atoms with Gasteiger partial charge in [-0.1, -0.05) is 6.42 Å². The van der Waals surface area contributed by atoms with Gasteiger partial charge in [-0.2, -0.15) is 5.10 Å². The molecule has 0 aliphatic heterocycles. The molecule has 4 atom stereocenters. The monoisotopic (exact) mass is 261 g/mol. The summed E-state index contributed by atoms with van der Waals surface area (Å²) in [5, 5.41) is 7.32. The van der Waals surface area contributed by atoms with Crippen molar-refractivity contribution < 1.29 is 4.79 Å². The molecule has 1 heterocycles. The third-order valence-corrected chi connectivity index (χ3v) is 5.27. The Morgan fingerprint density at radius 2 is 2.26 bits per heavy atom. The zero-order chi connectivity index (χ0) is 13.6. The van der Waals surface area contributed by atoms with E-state index in [2.05, 4.69) is 17.3 Å². The second-order valence-corrected chi connectivity index (χ2v) is 6.37. The van der Waals surface area contributed by atoms with Gasteiger partial charge in [-0.15, -0.1) is 0 Å². The molecule has 0 spiro atoms. The second-order valence-electron chi connectivity index (χ2n) is 6.37. The minimum Gasteiger partial charge on any atom is -0.349 e. The topological polar surface area (TPSA) is 46.9 Å². The number of carbonyl (C=O) groups excluding carboxylic acids is 1. The number of fused-ring (bicyclic) bond motifs is 2. The molecule has 0 saturated heterocycles. The largest absolute Gasteiger partial charge is 0.349 e. The molecule has 0 radical (unpaired) electrons. The average Bonchev–Trinajstić information content (AvgIpc) is 3.06. The molecule has 4 heteroatoms. The van der Waals surface area contributed by atoms with Crippen molar-refractivity contribution in [1.82, 2.24) is 15.1 Å². The Labute approximate surface area is 114 Å². The van der Waals surface area contributed by atoms with Crippen LogP contribution in [0.15, 0.2) is 6.20 Å². The summed E-state index contributed by atoms with van der Waals surface area (Å²) in [5.41, 5.74) is 1.63. The Hall–Kier alpha value is -1.32. The van der Waals surface area contributed by atoms with Crippen molar-refractivity contribution in [3.63, 3.8) is 0 Å². The fourth-order valence-corrected chi connectivity index (χ4v) is 4.02. The molecule has 2 aliphatic carbocycles. The van der Waals surface area contributed by atoms with Crippen LogP contribution in [0.4, 0.5) is 0 Å². The molecule has 1 N–H and O–H groups in total. The summed E-state index contributed by atoms with van der Waals surface area (Å²) in [4.78, 5) is 12.3. The molecule has 1 amide bonds. The molecule has 104 valence electrons. The molecule has 1 aromatic rings. The Morgan fingerprint density at radius 1 is 1.47 bits per heavy atom. The Bertz CT molecular complexity index is 494. The summed E-state index contributed by atoms with van der Waals surface area (Å²) >= 11 is 0. The van der Waals surface area contributed by atoms with Crippen molar-refractivity contribution in [1.29, 1.82) is 0 Å². The quantitative estimate of drug-likeness (QED) is 0.907. The molecular weight excluding hydrogens is 238 g/mol. The van der Waals surface area contributed by atoms with Crippen molar-refractivity contribution >= 4 is 5.91 Å². The molecule has 19 heavy (non-hydrogen) atoms. The summed E-state index contributed by atoms with van der Waals surface area (Å²) in [7, 11) is 1.87. The molecule has 0 unspecified atom stereocenters. The van der Waals surface area contributed by atoms with Gasteiger partial charge in [0.25, 0.3) is 5.91 Å². The average molecular weight is 261 g/mol. The number of nitrogens with one attached hydrogen (secondary N) is 1. The zero-order valence-corrected chi connectivity index (χ0v) is 12.0. The first kappa shape index (κ1) is 12.7. The lowest BCUT2D eigenvalue weighted by atomic mass is 9.84. The number of rotatable bonds is 3. The van der Waals surface area contributed by atoms with Crippen LogP contribution in [0, 0.1) is 24.7 Å². The molecular formula is C15H23N3O. The summed E-state index contributed by atoms with van der Waals surface area (Å²) in [6.07, 6.45) is 7.12. The maximum absolute atomic E-state index is 12.3. The number of amides is 1. The van der Waals surface area contributed by atoms with E-state index in [9.17, 15) is 4.79 Å². The van der Waals surface area contributed by atoms with Gasteiger partial charge in [0.15, 0.2) is 0 Å². The lowest BCUT2D eigenvalue weighted by Crippen LogP contribution is -2.40. The molecule has 2 saturated carbocycles. The predicted octanol–water partition coefficient (Wildman–Crippen LogP) is 2.28. The third kappa shape index (κ3) is 2.17. The van der Waals surface area contributed by atoms with Gasteiger partial charge >= 0.3 is 0 Å². The van der Waals surface area contributed by atoms with E-state index in [1.165, 1.54) is 25.7 Å². The number of nitrogens with zero attached hydrogens (tertiary/aromatic N) is 2. The highest BCUT2D eigenvalue weighted by Crippen LogP contribution is 2.49. The number of aromatic nitrogens is 2. The summed E-state index contributed by atoms with van der Waals surface area (Å²) in [5.74, 6) is 2.48. The molecule has 2 aliphatic rings. The summed E-state index contributed by atoms with van der Waals surface area (Å²) in [6.45, 7) is 4.10. The van der Waals surface area contributed by atoms with Crippen molar-refractivity contribution in [3.8, 4) is 0 Å². The van der Waals surface area contributed by atoms with Crippen LogP contribution < -0.4 is 5.32 Å². The zero-order valence-electron chi connectivity index (χ0n) is 12.0. The van der Waals surface area contributed by atoms with Crippen molar-refractivity contribution in [2.45, 2.75) is 45.6 Å². The third-order valence-electron chi connectivity index (χ3n) is 5.27. The highest BCUT2D eigenvalue weighted by atomic mass is 16.1. The predicted molar refractivity (Wildman–Crippen MR) is 73.8 cm³/mol. The molecule has 2 fully saturated rings. The van der Waals surface area contributed by atoms with Crippen LogP contribution in [0.25, 0.3) is 0 Å². The van der Waals surface area contributed by atoms with Crippen molar-refractivity contribution in [3.05, 3.63) is 17.5 Å². The molecule has 1 aromatic heterocycles. The molecule has 2 bridgehead atoms. The van der Waals surface area contributed by atoms with Gasteiger partial charge in [-0.25, -0.2) is 0 Å². The van der Waals surface area contributed by atoms with E-state index in [0.717, 1.165) is 17.5 Å². The van der Waals surface area contributed by atoms with Gasteiger partial charge in [-0.3, -0.25) is 9.48 Å². The van der Waals surface area contributed by atoms with E-state index in [4.69, 9.17) is 0 Å². The van der Waals surface area contributed by atoms with Gasteiger partial charge in [-0.05, 0) is 50.9 Å². The fraction of sp³-hybridized carbons (Fsp3) is 0.733. The first-order valence-corrected chi connectivity index (χ1v) is 7.35. The number of hydrogen-bond donors (Lipinski definition) is 1. The lowest BCUT2D eigenvalue weighted by molar-refractivity contribution is 0.0914. The fourth-order valence-electron chi connectivity index (χ4n) is 4.02. The lowest BCUT2D eigenvalue weighted by Gasteiger charge is -2.28. The molecule has 4 nitrogen and oxygen atoms in total. The van der Waals surface area contributed by atoms with E-state index < -0.39 is 0 Å². The molecule has 3 rings (SSSR count). The van der Waals surface area contributed by atoms with Crippen LogP contribution in [0.3, 0.4) is 0 Å². The van der Waals surface area contributed by atoms with Gasteiger partial charge in [0.1, 0.15) is 0 Å². The minimum atomic E-state index is 0.0286. The van der Waals surface area contributed by atoms with Crippen LogP contribution in [0.1, 0.15) is 48.7 Å². The first-order chi connectivity index (χ1) is 9.06. The maximum atomic E-state index is 12.3. The summed E-state index contributed by atoms with van der Waals surface area (Å²) < 4.78 is 1.75. The summed E-state index contributed by atoms with van der Waals surface area (Å²) in [6, 6.07) is 0.280. The SMILES string of the molecule is Cc1c(C(=O)N[C@H](C)[C@H]2C[C@@H]3CC[C@@H]2C3)cnn1C. The van der Waals surface area contributed by atoms with E-state index in [1.807, 2.05) is 14.0 Å². The van der Waals surface area contributed by atoms with Crippen LogP contribution in [-0.4, -0.2) is 21.7 Å². The van der Waals surface area contributed by atoms with E-state index >= 15 is 0 Å². The second kappa shape index (κ2) is 4.66. The first-order valence-electron chi connectivity index (χ1n) is 7.35. The Kier molecular flexibility index (Phi) is 3.11.